The molecule has 4 rings (SSSR count). The van der Waals surface area contributed by atoms with Gasteiger partial charge >= 0.3 is 0 Å². The Morgan fingerprint density at radius 2 is 1.70 bits per heavy atom. The summed E-state index contributed by atoms with van der Waals surface area (Å²) in [6.07, 6.45) is 0. The molecule has 2 aromatic carbocycles. The molecule has 3 aromatic rings. The van der Waals surface area contributed by atoms with Crippen molar-refractivity contribution in [3.63, 3.8) is 0 Å². The third kappa shape index (κ3) is 3.38. The van der Waals surface area contributed by atoms with E-state index >= 15 is 0 Å². The summed E-state index contributed by atoms with van der Waals surface area (Å²) in [5.41, 5.74) is 2.60. The maximum atomic E-state index is 6.15. The highest BCUT2D eigenvalue weighted by Gasteiger charge is 2.22. The topological polar surface area (TPSA) is 61.5 Å². The third-order valence-corrected chi connectivity index (χ3v) is 5.73. The number of rotatable bonds is 4. The molecular formula is C18H14Cl2N4O2S. The second kappa shape index (κ2) is 7.42. The highest BCUT2D eigenvalue weighted by atomic mass is 35.5. The molecule has 0 atom stereocenters. The first-order valence-electron chi connectivity index (χ1n) is 7.94. The second-order valence-electron chi connectivity index (χ2n) is 5.65. The molecule has 138 valence electrons. The smallest absolute Gasteiger partial charge is 0.212 e. The Morgan fingerprint density at radius 3 is 2.44 bits per heavy atom. The molecule has 6 nitrogen and oxygen atoms in total. The van der Waals surface area contributed by atoms with Crippen molar-refractivity contribution in [1.82, 2.24) is 14.9 Å². The Labute approximate surface area is 170 Å². The van der Waals surface area contributed by atoms with Gasteiger partial charge < -0.3 is 9.47 Å². The number of fused-ring (bicyclic) bond motifs is 1. The van der Waals surface area contributed by atoms with Gasteiger partial charge in [-0.15, -0.1) is 10.2 Å². The fraction of sp³-hybridized carbons (Fsp3) is 0.167. The molecule has 0 fully saturated rings. The summed E-state index contributed by atoms with van der Waals surface area (Å²) >= 11 is 13.7. The number of halogens is 2. The van der Waals surface area contributed by atoms with Gasteiger partial charge in [0.2, 0.25) is 5.16 Å². The third-order valence-electron chi connectivity index (χ3n) is 4.07. The summed E-state index contributed by atoms with van der Waals surface area (Å²) in [7, 11) is 3.19. The van der Waals surface area contributed by atoms with E-state index in [9.17, 15) is 0 Å². The lowest BCUT2D eigenvalue weighted by Crippen LogP contribution is -2.13. The van der Waals surface area contributed by atoms with Crippen LogP contribution in [0.25, 0.3) is 11.4 Å². The van der Waals surface area contributed by atoms with Crippen molar-refractivity contribution >= 4 is 40.7 Å². The Morgan fingerprint density at radius 1 is 0.926 bits per heavy atom. The van der Waals surface area contributed by atoms with Gasteiger partial charge in [-0.2, -0.15) is 9.78 Å². The molecule has 1 aromatic heterocycles. The summed E-state index contributed by atoms with van der Waals surface area (Å²) in [4.78, 5) is 0. The Bertz CT molecular complexity index is 1050. The van der Waals surface area contributed by atoms with Gasteiger partial charge in [0, 0.05) is 16.9 Å². The molecule has 0 spiro atoms. The molecule has 0 saturated heterocycles. The van der Waals surface area contributed by atoms with E-state index < -0.39 is 0 Å². The Kier molecular flexibility index (Phi) is 4.99. The normalized spacial score (nSPS) is 13.1. The zero-order chi connectivity index (χ0) is 19.0. The number of ether oxygens (including phenoxy) is 2. The minimum atomic E-state index is 0.497. The summed E-state index contributed by atoms with van der Waals surface area (Å²) in [5.74, 6) is 2.55. The number of aromatic nitrogens is 3. The molecule has 1 aliphatic rings. The van der Waals surface area contributed by atoms with E-state index in [1.165, 1.54) is 0 Å². The molecule has 0 saturated carbocycles. The number of benzene rings is 2. The molecule has 0 unspecified atom stereocenters. The average molecular weight is 421 g/mol. The average Bonchev–Trinajstić information content (AvgIpc) is 3.12. The monoisotopic (exact) mass is 420 g/mol. The summed E-state index contributed by atoms with van der Waals surface area (Å²) in [5, 5.41) is 15.0. The number of thioether (sulfide) groups is 1. The van der Waals surface area contributed by atoms with Gasteiger partial charge in [-0.1, -0.05) is 41.0 Å². The lowest BCUT2D eigenvalue weighted by Gasteiger charge is -2.15. The first-order valence-corrected chi connectivity index (χ1v) is 9.68. The lowest BCUT2D eigenvalue weighted by molar-refractivity contribution is 0.355. The predicted octanol–water partition coefficient (Wildman–Crippen LogP) is 4.63. The zero-order valence-corrected chi connectivity index (χ0v) is 16.8. The van der Waals surface area contributed by atoms with Crippen LogP contribution in [0.1, 0.15) is 5.56 Å². The van der Waals surface area contributed by atoms with Crippen LogP contribution in [0.5, 0.6) is 11.5 Å². The van der Waals surface area contributed by atoms with Gasteiger partial charge in [-0.05, 0) is 30.3 Å². The molecule has 0 amide bonds. The number of nitrogens with zero attached hydrogens (tertiary/aromatic N) is 4. The number of methoxy groups -OCH3 is 2. The fourth-order valence-corrected chi connectivity index (χ4v) is 3.84. The van der Waals surface area contributed by atoms with Crippen LogP contribution in [0.3, 0.4) is 0 Å². The molecular weight excluding hydrogens is 407 g/mol. The van der Waals surface area contributed by atoms with Gasteiger partial charge in [0.05, 0.1) is 30.0 Å². The van der Waals surface area contributed by atoms with Crippen molar-refractivity contribution < 1.29 is 9.47 Å². The molecule has 1 aliphatic heterocycles. The van der Waals surface area contributed by atoms with Crippen LogP contribution in [0.4, 0.5) is 0 Å². The van der Waals surface area contributed by atoms with Crippen LogP contribution in [0, 0.1) is 0 Å². The first kappa shape index (κ1) is 18.2. The van der Waals surface area contributed by atoms with E-state index in [0.29, 0.717) is 33.1 Å². The van der Waals surface area contributed by atoms with Crippen molar-refractivity contribution in [3.8, 4) is 22.9 Å². The molecule has 0 N–H and O–H groups in total. The van der Waals surface area contributed by atoms with Crippen LogP contribution < -0.4 is 9.47 Å². The van der Waals surface area contributed by atoms with E-state index in [0.717, 1.165) is 22.0 Å². The Balaban J connectivity index is 1.77. The molecule has 0 bridgehead atoms. The number of hydrogen-bond donors (Lipinski definition) is 0. The minimum Gasteiger partial charge on any atom is -0.493 e. The second-order valence-corrected chi connectivity index (χ2v) is 7.41. The van der Waals surface area contributed by atoms with Crippen molar-refractivity contribution in [3.05, 3.63) is 52.0 Å². The van der Waals surface area contributed by atoms with Gasteiger partial charge in [0.25, 0.3) is 0 Å². The molecule has 2 heterocycles. The quantitative estimate of drug-likeness (QED) is 0.615. The standard InChI is InChI=1S/C18H14Cl2N4O2S/c1-25-15-6-4-11(8-16(15)26-2)17-21-22-18-24(17)23-14(9-27-18)10-3-5-12(19)13(20)7-10/h3-8H,9H2,1-2H3. The zero-order valence-electron chi connectivity index (χ0n) is 14.4. The molecule has 27 heavy (non-hydrogen) atoms. The van der Waals surface area contributed by atoms with Crippen molar-refractivity contribution in [2.75, 3.05) is 20.0 Å². The van der Waals surface area contributed by atoms with E-state index in [-0.39, 0.29) is 0 Å². The summed E-state index contributed by atoms with van der Waals surface area (Å²) < 4.78 is 12.4. The largest absolute Gasteiger partial charge is 0.493 e. The fourth-order valence-electron chi connectivity index (χ4n) is 2.70. The molecule has 9 heteroatoms. The lowest BCUT2D eigenvalue weighted by atomic mass is 10.1. The number of hydrogen-bond acceptors (Lipinski definition) is 6. The maximum Gasteiger partial charge on any atom is 0.212 e. The molecule has 0 aliphatic carbocycles. The van der Waals surface area contributed by atoms with E-state index in [4.69, 9.17) is 37.8 Å². The minimum absolute atomic E-state index is 0.497. The summed E-state index contributed by atoms with van der Waals surface area (Å²) in [6, 6.07) is 11.1. The van der Waals surface area contributed by atoms with Gasteiger partial charge in [-0.3, -0.25) is 0 Å². The molecule has 0 radical (unpaired) electrons. The van der Waals surface area contributed by atoms with Gasteiger partial charge in [-0.25, -0.2) is 0 Å². The highest BCUT2D eigenvalue weighted by molar-refractivity contribution is 7.99. The van der Waals surface area contributed by atoms with Gasteiger partial charge in [0.1, 0.15) is 0 Å². The predicted molar refractivity (Wildman–Crippen MR) is 108 cm³/mol. The summed E-state index contributed by atoms with van der Waals surface area (Å²) in [6.45, 7) is 0. The van der Waals surface area contributed by atoms with Crippen LogP contribution in [0.15, 0.2) is 46.7 Å². The van der Waals surface area contributed by atoms with Crippen LogP contribution >= 0.6 is 35.0 Å². The van der Waals surface area contributed by atoms with E-state index in [1.54, 1.807) is 36.7 Å². The van der Waals surface area contributed by atoms with Crippen LogP contribution in [0.2, 0.25) is 10.0 Å². The van der Waals surface area contributed by atoms with Gasteiger partial charge in [0.15, 0.2) is 17.3 Å². The highest BCUT2D eigenvalue weighted by Crippen LogP contribution is 2.34. The van der Waals surface area contributed by atoms with E-state index in [1.807, 2.05) is 30.3 Å². The first-order chi connectivity index (χ1) is 13.1. The SMILES string of the molecule is COc1ccc(-c2nnc3n2N=C(c2ccc(Cl)c(Cl)c2)CS3)cc1OC. The van der Waals surface area contributed by atoms with Crippen molar-refractivity contribution in [2.45, 2.75) is 5.16 Å². The van der Waals surface area contributed by atoms with E-state index in [2.05, 4.69) is 10.2 Å². The maximum absolute atomic E-state index is 6.15. The van der Waals surface area contributed by atoms with Crippen molar-refractivity contribution in [1.29, 1.82) is 0 Å². The van der Waals surface area contributed by atoms with Crippen LogP contribution in [-0.2, 0) is 0 Å². The van der Waals surface area contributed by atoms with Crippen LogP contribution in [-0.4, -0.2) is 40.6 Å². The Hall–Kier alpha value is -2.22. The van der Waals surface area contributed by atoms with Crippen molar-refractivity contribution in [2.24, 2.45) is 5.10 Å².